The van der Waals surface area contributed by atoms with Crippen LogP contribution in [0.15, 0.2) is 18.2 Å². The largest absolute Gasteiger partial charge is 0.508 e. The fraction of sp³-hybridized carbons (Fsp3) is 0.682. The van der Waals surface area contributed by atoms with Crippen LogP contribution in [0.3, 0.4) is 0 Å². The minimum Gasteiger partial charge on any atom is -0.508 e. The van der Waals surface area contributed by atoms with Crippen molar-refractivity contribution in [2.24, 2.45) is 23.2 Å². The van der Waals surface area contributed by atoms with E-state index in [4.69, 9.17) is 4.74 Å². The van der Waals surface area contributed by atoms with E-state index in [0.29, 0.717) is 36.5 Å². The molecule has 0 aromatic heterocycles. The summed E-state index contributed by atoms with van der Waals surface area (Å²) < 4.78 is 5.26. The van der Waals surface area contributed by atoms with E-state index < -0.39 is 0 Å². The Hall–Kier alpha value is -1.55. The van der Waals surface area contributed by atoms with E-state index in [1.165, 1.54) is 11.1 Å². The monoisotopic (exact) mass is 358 g/mol. The van der Waals surface area contributed by atoms with Crippen LogP contribution in [-0.4, -0.2) is 28.9 Å². The summed E-state index contributed by atoms with van der Waals surface area (Å²) in [6.45, 7) is 4.49. The summed E-state index contributed by atoms with van der Waals surface area (Å²) in [4.78, 5) is 12.3. The molecule has 2 fully saturated rings. The van der Waals surface area contributed by atoms with Crippen molar-refractivity contribution < 1.29 is 19.7 Å². The van der Waals surface area contributed by atoms with Gasteiger partial charge < -0.3 is 14.9 Å². The molecule has 0 radical (unpaired) electrons. The molecule has 26 heavy (non-hydrogen) atoms. The van der Waals surface area contributed by atoms with Crippen LogP contribution in [0.1, 0.15) is 63.0 Å². The van der Waals surface area contributed by atoms with E-state index in [2.05, 4.69) is 13.0 Å². The van der Waals surface area contributed by atoms with Gasteiger partial charge in [0.25, 0.3) is 0 Å². The van der Waals surface area contributed by atoms with E-state index in [9.17, 15) is 15.0 Å². The highest BCUT2D eigenvalue weighted by molar-refractivity contribution is 5.70. The lowest BCUT2D eigenvalue weighted by atomic mass is 9.51. The molecule has 2 saturated carbocycles. The van der Waals surface area contributed by atoms with E-state index in [1.807, 2.05) is 13.0 Å². The molecule has 0 aliphatic heterocycles. The Morgan fingerprint density at radius 1 is 1.31 bits per heavy atom. The lowest BCUT2D eigenvalue weighted by Gasteiger charge is -2.53. The molecule has 3 aliphatic rings. The number of hydrogen-bond acceptors (Lipinski definition) is 4. The number of hydrogen-bond donors (Lipinski definition) is 2. The topological polar surface area (TPSA) is 66.8 Å². The van der Waals surface area contributed by atoms with Crippen LogP contribution in [0.2, 0.25) is 0 Å². The summed E-state index contributed by atoms with van der Waals surface area (Å²) in [5.41, 5.74) is 2.44. The summed E-state index contributed by atoms with van der Waals surface area (Å²) in [7, 11) is 0. The first kappa shape index (κ1) is 17.8. The molecule has 0 saturated heterocycles. The Labute approximate surface area is 155 Å². The van der Waals surface area contributed by atoms with Crippen LogP contribution in [0.25, 0.3) is 0 Å². The number of benzene rings is 1. The van der Waals surface area contributed by atoms with Gasteiger partial charge in [-0.1, -0.05) is 13.0 Å². The number of aryl methyl sites for hydroxylation is 1. The zero-order valence-electron chi connectivity index (χ0n) is 15.8. The molecular formula is C22H30O4. The molecule has 142 valence electrons. The van der Waals surface area contributed by atoms with E-state index >= 15 is 0 Å². The number of esters is 1. The molecule has 4 heteroatoms. The fourth-order valence-corrected chi connectivity index (χ4v) is 6.48. The number of phenols is 1. The third-order valence-corrected chi connectivity index (χ3v) is 7.51. The minimum absolute atomic E-state index is 0.0905. The highest BCUT2D eigenvalue weighted by atomic mass is 16.5. The molecule has 3 aliphatic carbocycles. The van der Waals surface area contributed by atoms with Crippen LogP contribution in [0.4, 0.5) is 0 Å². The molecule has 4 rings (SSSR count). The van der Waals surface area contributed by atoms with E-state index in [1.54, 1.807) is 6.07 Å². The van der Waals surface area contributed by atoms with Gasteiger partial charge in [-0.05, 0) is 91.4 Å². The van der Waals surface area contributed by atoms with Crippen LogP contribution >= 0.6 is 0 Å². The van der Waals surface area contributed by atoms with Crippen LogP contribution in [0.5, 0.6) is 5.75 Å². The number of phenolic OH excluding ortho intramolecular Hbond substituents is 1. The van der Waals surface area contributed by atoms with Gasteiger partial charge in [0.15, 0.2) is 0 Å². The smallest absolute Gasteiger partial charge is 0.306 e. The van der Waals surface area contributed by atoms with Crippen molar-refractivity contribution in [3.63, 3.8) is 0 Å². The van der Waals surface area contributed by atoms with Gasteiger partial charge in [0.05, 0.1) is 12.7 Å². The third-order valence-electron chi connectivity index (χ3n) is 7.51. The first-order valence-corrected chi connectivity index (χ1v) is 10.1. The van der Waals surface area contributed by atoms with Crippen molar-refractivity contribution >= 4 is 5.97 Å². The Balaban J connectivity index is 1.73. The van der Waals surface area contributed by atoms with E-state index in [-0.39, 0.29) is 23.4 Å². The molecular weight excluding hydrogens is 328 g/mol. The second kappa shape index (κ2) is 6.56. The molecule has 0 bridgehead atoms. The zero-order valence-corrected chi connectivity index (χ0v) is 15.8. The molecule has 0 heterocycles. The predicted octanol–water partition coefficient (Wildman–Crippen LogP) is 3.79. The number of carbonyl (C=O) groups is 1. The van der Waals surface area contributed by atoms with Crippen molar-refractivity contribution in [3.05, 3.63) is 29.3 Å². The normalized spacial score (nSPS) is 38.2. The maximum absolute atomic E-state index is 12.3. The number of carbonyl (C=O) groups excluding carboxylic acids is 1. The molecule has 1 aromatic rings. The maximum Gasteiger partial charge on any atom is 0.306 e. The average molecular weight is 358 g/mol. The molecule has 0 spiro atoms. The van der Waals surface area contributed by atoms with Gasteiger partial charge in [-0.25, -0.2) is 0 Å². The number of ether oxygens (including phenoxy) is 1. The molecule has 0 amide bonds. The van der Waals surface area contributed by atoms with Crippen molar-refractivity contribution in [1.82, 2.24) is 0 Å². The summed E-state index contributed by atoms with van der Waals surface area (Å²) in [5.74, 6) is 1.73. The number of fused-ring (bicyclic) bond motifs is 5. The molecule has 5 unspecified atom stereocenters. The van der Waals surface area contributed by atoms with Crippen molar-refractivity contribution in [1.29, 1.82) is 0 Å². The van der Waals surface area contributed by atoms with Crippen LogP contribution in [0, 0.1) is 23.2 Å². The van der Waals surface area contributed by atoms with Crippen molar-refractivity contribution in [2.45, 2.75) is 64.4 Å². The Kier molecular flexibility index (Phi) is 4.50. The van der Waals surface area contributed by atoms with Gasteiger partial charge in [-0.15, -0.1) is 0 Å². The lowest BCUT2D eigenvalue weighted by molar-refractivity contribution is -0.146. The van der Waals surface area contributed by atoms with Gasteiger partial charge in [0, 0.05) is 6.42 Å². The van der Waals surface area contributed by atoms with Gasteiger partial charge in [0.2, 0.25) is 0 Å². The van der Waals surface area contributed by atoms with Crippen LogP contribution in [-0.2, 0) is 16.0 Å². The minimum atomic E-state index is -0.264. The summed E-state index contributed by atoms with van der Waals surface area (Å²) in [6.07, 6.45) is 5.04. The number of aliphatic hydroxyl groups is 1. The Morgan fingerprint density at radius 2 is 2.12 bits per heavy atom. The molecule has 2 N–H and O–H groups in total. The standard InChI is InChI=1S/C22H30O4/c1-3-26-20(25)11-14-12-22(2)18(8-9-19(22)24)17-6-4-13-10-15(23)5-7-16(13)21(14)17/h5,7,10,14,17-19,21,23-24H,3-4,6,8-9,11-12H2,1-2H3/t14?,17?,18?,19?,21?,22-/m0/s1. The van der Waals surface area contributed by atoms with E-state index in [0.717, 1.165) is 32.1 Å². The van der Waals surface area contributed by atoms with Gasteiger partial charge >= 0.3 is 5.97 Å². The summed E-state index contributed by atoms with van der Waals surface area (Å²) in [5, 5.41) is 20.6. The van der Waals surface area contributed by atoms with Crippen LogP contribution < -0.4 is 0 Å². The maximum atomic E-state index is 12.3. The summed E-state index contributed by atoms with van der Waals surface area (Å²) in [6, 6.07) is 5.73. The lowest BCUT2D eigenvalue weighted by Crippen LogP contribution is -2.48. The second-order valence-corrected chi connectivity index (χ2v) is 8.79. The van der Waals surface area contributed by atoms with Gasteiger partial charge in [-0.2, -0.15) is 0 Å². The Morgan fingerprint density at radius 3 is 2.88 bits per heavy atom. The quantitative estimate of drug-likeness (QED) is 0.807. The molecule has 1 aromatic carbocycles. The van der Waals surface area contributed by atoms with Crippen molar-refractivity contribution in [2.75, 3.05) is 6.61 Å². The van der Waals surface area contributed by atoms with Crippen molar-refractivity contribution in [3.8, 4) is 5.75 Å². The average Bonchev–Trinajstić information content (AvgIpc) is 2.89. The van der Waals surface area contributed by atoms with Gasteiger partial charge in [0.1, 0.15) is 5.75 Å². The molecule has 4 nitrogen and oxygen atoms in total. The first-order chi connectivity index (χ1) is 12.4. The second-order valence-electron chi connectivity index (χ2n) is 8.79. The number of rotatable bonds is 3. The highest BCUT2D eigenvalue weighted by Crippen LogP contribution is 2.63. The summed E-state index contributed by atoms with van der Waals surface area (Å²) >= 11 is 0. The number of aromatic hydroxyl groups is 1. The van der Waals surface area contributed by atoms with Gasteiger partial charge in [-0.3, -0.25) is 4.79 Å². The third kappa shape index (κ3) is 2.74. The first-order valence-electron chi connectivity index (χ1n) is 10.1. The Bertz CT molecular complexity index is 699. The predicted molar refractivity (Wildman–Crippen MR) is 98.9 cm³/mol. The number of aliphatic hydroxyl groups excluding tert-OH is 1. The fourth-order valence-electron chi connectivity index (χ4n) is 6.48. The highest BCUT2D eigenvalue weighted by Gasteiger charge is 2.57. The SMILES string of the molecule is CCOC(=O)CC1C[C@]2(C)C(O)CCC2C2CCc3cc(O)ccc3C12. The molecule has 6 atom stereocenters. The zero-order chi connectivity index (χ0) is 18.5.